The molecule has 3 aromatic rings. The van der Waals surface area contributed by atoms with E-state index >= 15 is 0 Å². The molecule has 2 aromatic carbocycles. The summed E-state index contributed by atoms with van der Waals surface area (Å²) < 4.78 is 5.47. The van der Waals surface area contributed by atoms with Crippen molar-refractivity contribution in [2.45, 2.75) is 6.54 Å². The number of aromatic nitrogens is 2. The lowest BCUT2D eigenvalue weighted by molar-refractivity contribution is -0.116. The Kier molecular flexibility index (Phi) is 4.66. The van der Waals surface area contributed by atoms with Crippen molar-refractivity contribution in [3.05, 3.63) is 74.9 Å². The first kappa shape index (κ1) is 17.2. The van der Waals surface area contributed by atoms with Gasteiger partial charge in [0.1, 0.15) is 6.54 Å². The number of hydrogen-bond donors (Lipinski definition) is 2. The number of nitrogens with one attached hydrogen (secondary N) is 2. The Hall–Kier alpha value is -3.68. The number of esters is 1. The monoisotopic (exact) mass is 353 g/mol. The fourth-order valence-corrected chi connectivity index (χ4v) is 2.56. The van der Waals surface area contributed by atoms with Crippen LogP contribution in [-0.2, 0) is 16.1 Å². The molecule has 0 atom stereocenters. The van der Waals surface area contributed by atoms with E-state index in [1.165, 1.54) is 19.2 Å². The molecule has 8 nitrogen and oxygen atoms in total. The third-order valence-electron chi connectivity index (χ3n) is 3.80. The third-order valence-corrected chi connectivity index (χ3v) is 3.80. The van der Waals surface area contributed by atoms with Crippen LogP contribution in [0.25, 0.3) is 10.9 Å². The molecule has 1 amide bonds. The van der Waals surface area contributed by atoms with Crippen LogP contribution in [0.3, 0.4) is 0 Å². The van der Waals surface area contributed by atoms with Crippen LogP contribution in [0.4, 0.5) is 5.69 Å². The van der Waals surface area contributed by atoms with Gasteiger partial charge in [0.2, 0.25) is 5.91 Å². The second kappa shape index (κ2) is 7.06. The van der Waals surface area contributed by atoms with Crippen molar-refractivity contribution >= 4 is 28.5 Å². The minimum Gasteiger partial charge on any atom is -0.465 e. The van der Waals surface area contributed by atoms with E-state index in [1.54, 1.807) is 36.4 Å². The van der Waals surface area contributed by atoms with Crippen molar-refractivity contribution in [1.82, 2.24) is 9.55 Å². The van der Waals surface area contributed by atoms with Crippen molar-refractivity contribution in [3.8, 4) is 0 Å². The maximum absolute atomic E-state index is 12.4. The quantitative estimate of drug-likeness (QED) is 0.683. The molecule has 0 bridgehead atoms. The molecule has 0 aliphatic carbocycles. The van der Waals surface area contributed by atoms with Crippen LogP contribution in [-0.4, -0.2) is 28.5 Å². The Labute approximate surface area is 147 Å². The second-order valence-electron chi connectivity index (χ2n) is 5.45. The fourth-order valence-electron chi connectivity index (χ4n) is 2.56. The van der Waals surface area contributed by atoms with Gasteiger partial charge in [0.05, 0.1) is 29.3 Å². The molecular weight excluding hydrogens is 338 g/mol. The van der Waals surface area contributed by atoms with Crippen molar-refractivity contribution in [1.29, 1.82) is 0 Å². The molecule has 0 aliphatic rings. The van der Waals surface area contributed by atoms with E-state index in [0.717, 1.165) is 4.57 Å². The lowest BCUT2D eigenvalue weighted by Gasteiger charge is -2.10. The summed E-state index contributed by atoms with van der Waals surface area (Å²) in [4.78, 5) is 51.2. The molecule has 0 spiro atoms. The van der Waals surface area contributed by atoms with Crippen molar-refractivity contribution in [2.24, 2.45) is 0 Å². The molecule has 2 N–H and O–H groups in total. The highest BCUT2D eigenvalue weighted by Crippen LogP contribution is 2.16. The molecule has 0 aliphatic heterocycles. The largest absolute Gasteiger partial charge is 0.465 e. The number of aromatic amines is 1. The molecule has 0 radical (unpaired) electrons. The summed E-state index contributed by atoms with van der Waals surface area (Å²) in [5, 5.41) is 2.83. The first-order chi connectivity index (χ1) is 12.5. The van der Waals surface area contributed by atoms with Crippen LogP contribution in [0.15, 0.2) is 58.1 Å². The SMILES string of the molecule is COC(=O)c1ccccc1NC(=O)Cn1c(=O)[nH]c2ccccc2c1=O. The Morgan fingerprint density at radius 1 is 1.08 bits per heavy atom. The van der Waals surface area contributed by atoms with Gasteiger partial charge in [-0.3, -0.25) is 14.2 Å². The van der Waals surface area contributed by atoms with Gasteiger partial charge < -0.3 is 15.0 Å². The molecule has 1 aromatic heterocycles. The Bertz CT molecular complexity index is 1110. The van der Waals surface area contributed by atoms with Crippen LogP contribution < -0.4 is 16.6 Å². The van der Waals surface area contributed by atoms with Gasteiger partial charge in [-0.05, 0) is 24.3 Å². The maximum Gasteiger partial charge on any atom is 0.339 e. The molecule has 3 rings (SSSR count). The molecule has 0 fully saturated rings. The van der Waals surface area contributed by atoms with Crippen molar-refractivity contribution in [3.63, 3.8) is 0 Å². The van der Waals surface area contributed by atoms with Crippen molar-refractivity contribution in [2.75, 3.05) is 12.4 Å². The summed E-state index contributed by atoms with van der Waals surface area (Å²) in [5.74, 6) is -1.23. The lowest BCUT2D eigenvalue weighted by Crippen LogP contribution is -2.38. The van der Waals surface area contributed by atoms with Crippen LogP contribution in [0.1, 0.15) is 10.4 Å². The molecule has 0 unspecified atom stereocenters. The predicted molar refractivity (Wildman–Crippen MR) is 95.2 cm³/mol. The van der Waals surface area contributed by atoms with E-state index in [-0.39, 0.29) is 11.3 Å². The number of anilines is 1. The molecular formula is C18H15N3O5. The summed E-state index contributed by atoms with van der Waals surface area (Å²) in [6, 6.07) is 12.8. The van der Waals surface area contributed by atoms with E-state index in [1.807, 2.05) is 0 Å². The van der Waals surface area contributed by atoms with Gasteiger partial charge in [-0.1, -0.05) is 24.3 Å². The number of fused-ring (bicyclic) bond motifs is 1. The van der Waals surface area contributed by atoms with Crippen LogP contribution in [0, 0.1) is 0 Å². The van der Waals surface area contributed by atoms with Crippen LogP contribution >= 0.6 is 0 Å². The summed E-state index contributed by atoms with van der Waals surface area (Å²) in [7, 11) is 1.23. The number of carbonyl (C=O) groups is 2. The van der Waals surface area contributed by atoms with Crippen LogP contribution in [0.2, 0.25) is 0 Å². The fraction of sp³-hybridized carbons (Fsp3) is 0.111. The number of nitrogens with zero attached hydrogens (tertiary/aromatic N) is 1. The van der Waals surface area contributed by atoms with Crippen molar-refractivity contribution < 1.29 is 14.3 Å². The second-order valence-corrected chi connectivity index (χ2v) is 5.45. The molecule has 0 saturated carbocycles. The van der Waals surface area contributed by atoms with Gasteiger partial charge in [-0.2, -0.15) is 0 Å². The molecule has 1 heterocycles. The van der Waals surface area contributed by atoms with Gasteiger partial charge in [0.15, 0.2) is 0 Å². The van der Waals surface area contributed by atoms with E-state index in [2.05, 4.69) is 15.0 Å². The van der Waals surface area contributed by atoms with Gasteiger partial charge in [0, 0.05) is 0 Å². The van der Waals surface area contributed by atoms with Gasteiger partial charge >= 0.3 is 11.7 Å². The zero-order chi connectivity index (χ0) is 18.7. The molecule has 8 heteroatoms. The van der Waals surface area contributed by atoms with Gasteiger partial charge in [-0.25, -0.2) is 9.59 Å². The number of ether oxygens (including phenoxy) is 1. The Balaban J connectivity index is 1.91. The Morgan fingerprint density at radius 2 is 1.77 bits per heavy atom. The van der Waals surface area contributed by atoms with E-state index in [4.69, 9.17) is 0 Å². The minimum atomic E-state index is -0.690. The number of H-pyrrole nitrogens is 1. The number of benzene rings is 2. The highest BCUT2D eigenvalue weighted by atomic mass is 16.5. The zero-order valence-electron chi connectivity index (χ0n) is 13.8. The average molecular weight is 353 g/mol. The van der Waals surface area contributed by atoms with Gasteiger partial charge in [0.25, 0.3) is 5.56 Å². The highest BCUT2D eigenvalue weighted by Gasteiger charge is 2.15. The third kappa shape index (κ3) is 3.25. The Morgan fingerprint density at radius 3 is 2.54 bits per heavy atom. The average Bonchev–Trinajstić information content (AvgIpc) is 2.65. The van der Waals surface area contributed by atoms with Crippen LogP contribution in [0.5, 0.6) is 0 Å². The lowest BCUT2D eigenvalue weighted by atomic mass is 10.2. The van der Waals surface area contributed by atoms with Gasteiger partial charge in [-0.15, -0.1) is 0 Å². The van der Waals surface area contributed by atoms with E-state index < -0.39 is 29.7 Å². The summed E-state index contributed by atoms with van der Waals surface area (Å²) in [5.41, 5.74) is -0.459. The highest BCUT2D eigenvalue weighted by molar-refractivity contribution is 6.01. The van der Waals surface area contributed by atoms with E-state index in [9.17, 15) is 19.2 Å². The number of rotatable bonds is 4. The summed E-state index contributed by atoms with van der Waals surface area (Å²) >= 11 is 0. The number of carbonyl (C=O) groups excluding carboxylic acids is 2. The first-order valence-corrected chi connectivity index (χ1v) is 7.70. The zero-order valence-corrected chi connectivity index (χ0v) is 13.8. The standard InChI is InChI=1S/C18H15N3O5/c1-26-17(24)12-7-3-5-9-14(12)19-15(22)10-21-16(23)11-6-2-4-8-13(11)20-18(21)25/h2-9H,10H2,1H3,(H,19,22)(H,20,25). The minimum absolute atomic E-state index is 0.170. The summed E-state index contributed by atoms with van der Waals surface area (Å²) in [6.07, 6.45) is 0. The maximum atomic E-state index is 12.4. The normalized spacial score (nSPS) is 10.5. The topological polar surface area (TPSA) is 110 Å². The summed E-state index contributed by atoms with van der Waals surface area (Å²) in [6.45, 7) is -0.492. The predicted octanol–water partition coefficient (Wildman–Crippen LogP) is 1.12. The molecule has 26 heavy (non-hydrogen) atoms. The molecule has 132 valence electrons. The number of para-hydroxylation sites is 2. The smallest absolute Gasteiger partial charge is 0.339 e. The first-order valence-electron chi connectivity index (χ1n) is 7.70. The number of amides is 1. The number of methoxy groups -OCH3 is 1. The van der Waals surface area contributed by atoms with E-state index in [0.29, 0.717) is 10.9 Å². The molecule has 0 saturated heterocycles. The number of hydrogen-bond acceptors (Lipinski definition) is 5.